The summed E-state index contributed by atoms with van der Waals surface area (Å²) in [6, 6.07) is 10.7. The molecule has 5 heteroatoms. The summed E-state index contributed by atoms with van der Waals surface area (Å²) in [6.45, 7) is 6.08. The second-order valence-electron chi connectivity index (χ2n) is 5.83. The number of halogens is 2. The van der Waals surface area contributed by atoms with E-state index in [2.05, 4.69) is 31.3 Å². The fraction of sp³-hybridized carbons (Fsp3) is 0.316. The summed E-state index contributed by atoms with van der Waals surface area (Å²) in [7, 11) is 0. The molecule has 2 aromatic rings. The van der Waals surface area contributed by atoms with Crippen molar-refractivity contribution in [1.82, 2.24) is 5.32 Å². The van der Waals surface area contributed by atoms with Gasteiger partial charge in [-0.15, -0.1) is 11.8 Å². The predicted octanol–water partition coefficient (Wildman–Crippen LogP) is 5.21. The van der Waals surface area contributed by atoms with Gasteiger partial charge in [-0.05, 0) is 49.6 Å². The molecule has 0 bridgehead atoms. The van der Waals surface area contributed by atoms with Crippen molar-refractivity contribution in [1.29, 1.82) is 0 Å². The molecule has 0 aliphatic rings. The van der Waals surface area contributed by atoms with E-state index in [4.69, 9.17) is 11.6 Å². The van der Waals surface area contributed by atoms with E-state index in [9.17, 15) is 9.18 Å². The van der Waals surface area contributed by atoms with Crippen molar-refractivity contribution in [2.45, 2.75) is 32.6 Å². The van der Waals surface area contributed by atoms with Crippen LogP contribution in [0.15, 0.2) is 36.4 Å². The van der Waals surface area contributed by atoms with E-state index >= 15 is 0 Å². The van der Waals surface area contributed by atoms with Crippen molar-refractivity contribution in [2.75, 3.05) is 5.75 Å². The second kappa shape index (κ2) is 8.54. The summed E-state index contributed by atoms with van der Waals surface area (Å²) in [5.41, 5.74) is 3.96. The first-order chi connectivity index (χ1) is 11.4. The zero-order valence-corrected chi connectivity index (χ0v) is 15.6. The van der Waals surface area contributed by atoms with Crippen molar-refractivity contribution in [3.63, 3.8) is 0 Å². The van der Waals surface area contributed by atoms with Crippen LogP contribution in [-0.2, 0) is 10.5 Å². The Kier molecular flexibility index (Phi) is 6.69. The van der Waals surface area contributed by atoms with Crippen molar-refractivity contribution in [3.05, 3.63) is 69.5 Å². The van der Waals surface area contributed by atoms with Gasteiger partial charge in [-0.1, -0.05) is 35.9 Å². The first-order valence-corrected chi connectivity index (χ1v) is 9.29. The highest BCUT2D eigenvalue weighted by atomic mass is 35.5. The maximum Gasteiger partial charge on any atom is 0.230 e. The molecular formula is C19H21ClFNOS. The zero-order chi connectivity index (χ0) is 17.7. The lowest BCUT2D eigenvalue weighted by atomic mass is 10.0. The van der Waals surface area contributed by atoms with Crippen LogP contribution < -0.4 is 5.32 Å². The van der Waals surface area contributed by atoms with Crippen LogP contribution in [0, 0.1) is 19.7 Å². The zero-order valence-electron chi connectivity index (χ0n) is 14.0. The molecule has 2 aromatic carbocycles. The van der Waals surface area contributed by atoms with Crippen LogP contribution >= 0.6 is 23.4 Å². The van der Waals surface area contributed by atoms with Gasteiger partial charge in [0.25, 0.3) is 0 Å². The Labute approximate surface area is 151 Å². The van der Waals surface area contributed by atoms with Gasteiger partial charge in [-0.25, -0.2) is 4.39 Å². The average Bonchev–Trinajstić information content (AvgIpc) is 2.52. The monoisotopic (exact) mass is 365 g/mol. The summed E-state index contributed by atoms with van der Waals surface area (Å²) in [6.07, 6.45) is 0. The van der Waals surface area contributed by atoms with Crippen molar-refractivity contribution in [3.8, 4) is 0 Å². The van der Waals surface area contributed by atoms with Gasteiger partial charge in [-0.2, -0.15) is 0 Å². The van der Waals surface area contributed by atoms with Crippen LogP contribution in [0.5, 0.6) is 0 Å². The quantitative estimate of drug-likeness (QED) is 0.761. The first kappa shape index (κ1) is 18.8. The van der Waals surface area contributed by atoms with Gasteiger partial charge in [-0.3, -0.25) is 4.79 Å². The highest BCUT2D eigenvalue weighted by molar-refractivity contribution is 7.99. The molecule has 0 aliphatic carbocycles. The molecule has 0 spiro atoms. The molecule has 0 aliphatic heterocycles. The Morgan fingerprint density at radius 2 is 2.00 bits per heavy atom. The molecule has 0 heterocycles. The molecule has 0 aromatic heterocycles. The molecule has 2 rings (SSSR count). The largest absolute Gasteiger partial charge is 0.349 e. The Hall–Kier alpha value is -1.52. The topological polar surface area (TPSA) is 29.1 Å². The number of aryl methyl sites for hydroxylation is 2. The van der Waals surface area contributed by atoms with Crippen LogP contribution in [0.1, 0.15) is 35.2 Å². The smallest absolute Gasteiger partial charge is 0.230 e. The number of carbonyl (C=O) groups is 1. The third kappa shape index (κ3) is 4.99. The predicted molar refractivity (Wildman–Crippen MR) is 100 cm³/mol. The molecule has 2 nitrogen and oxygen atoms in total. The van der Waals surface area contributed by atoms with Gasteiger partial charge < -0.3 is 5.32 Å². The highest BCUT2D eigenvalue weighted by Crippen LogP contribution is 2.24. The van der Waals surface area contributed by atoms with E-state index in [-0.39, 0.29) is 23.5 Å². The van der Waals surface area contributed by atoms with Crippen LogP contribution in [0.4, 0.5) is 4.39 Å². The summed E-state index contributed by atoms with van der Waals surface area (Å²) in [5, 5.41) is 3.37. The fourth-order valence-corrected chi connectivity index (χ4v) is 3.49. The van der Waals surface area contributed by atoms with Crippen molar-refractivity contribution >= 4 is 29.3 Å². The molecule has 1 amide bonds. The molecule has 0 radical (unpaired) electrons. The molecule has 1 atom stereocenters. The van der Waals surface area contributed by atoms with Crippen LogP contribution in [0.2, 0.25) is 5.02 Å². The van der Waals surface area contributed by atoms with Gasteiger partial charge in [0.15, 0.2) is 0 Å². The molecule has 0 unspecified atom stereocenters. The first-order valence-electron chi connectivity index (χ1n) is 7.75. The lowest BCUT2D eigenvalue weighted by molar-refractivity contribution is -0.119. The molecule has 1 N–H and O–H groups in total. The summed E-state index contributed by atoms with van der Waals surface area (Å²) < 4.78 is 13.7. The average molecular weight is 366 g/mol. The van der Waals surface area contributed by atoms with Gasteiger partial charge in [0.05, 0.1) is 11.8 Å². The summed E-state index contributed by atoms with van der Waals surface area (Å²) in [4.78, 5) is 12.1. The lowest BCUT2D eigenvalue weighted by Gasteiger charge is -2.15. The number of carbonyl (C=O) groups excluding carboxylic acids is 1. The number of benzene rings is 2. The molecule has 0 fully saturated rings. The van der Waals surface area contributed by atoms with E-state index in [1.54, 1.807) is 12.1 Å². The maximum atomic E-state index is 13.7. The number of hydrogen-bond acceptors (Lipinski definition) is 2. The number of thioether (sulfide) groups is 1. The van der Waals surface area contributed by atoms with E-state index in [0.29, 0.717) is 16.3 Å². The van der Waals surface area contributed by atoms with Gasteiger partial charge in [0.2, 0.25) is 5.91 Å². The second-order valence-corrected chi connectivity index (χ2v) is 7.22. The van der Waals surface area contributed by atoms with E-state index in [0.717, 1.165) is 5.56 Å². The van der Waals surface area contributed by atoms with Gasteiger partial charge >= 0.3 is 0 Å². The number of hydrogen-bond donors (Lipinski definition) is 1. The normalized spacial score (nSPS) is 12.0. The number of rotatable bonds is 6. The molecule has 0 saturated heterocycles. The molecular weight excluding hydrogens is 345 g/mol. The highest BCUT2D eigenvalue weighted by Gasteiger charge is 2.12. The molecule has 0 saturated carbocycles. The third-order valence-electron chi connectivity index (χ3n) is 3.95. The minimum Gasteiger partial charge on any atom is -0.349 e. The lowest BCUT2D eigenvalue weighted by Crippen LogP contribution is -2.28. The minimum atomic E-state index is -0.334. The maximum absolute atomic E-state index is 13.7. The van der Waals surface area contributed by atoms with Crippen LogP contribution in [0.25, 0.3) is 0 Å². The Balaban J connectivity index is 1.85. The number of nitrogens with one attached hydrogen (secondary N) is 1. The Morgan fingerprint density at radius 1 is 1.25 bits per heavy atom. The van der Waals surface area contributed by atoms with E-state index < -0.39 is 0 Å². The molecule has 128 valence electrons. The van der Waals surface area contributed by atoms with Gasteiger partial charge in [0, 0.05) is 16.3 Å². The van der Waals surface area contributed by atoms with Crippen LogP contribution in [0.3, 0.4) is 0 Å². The standard InChI is InChI=1S/C19H21ClFNOS/c1-12-7-8-15(9-13(12)2)14(3)22-19(23)11-24-10-16-17(20)5-4-6-18(16)21/h4-9,14H,10-11H2,1-3H3,(H,22,23)/t14-/m0/s1. The summed E-state index contributed by atoms with van der Waals surface area (Å²) in [5.74, 6) is 0.230. The number of amides is 1. The SMILES string of the molecule is Cc1ccc([C@H](C)NC(=O)CSCc2c(F)cccc2Cl)cc1C. The Morgan fingerprint density at radius 3 is 2.67 bits per heavy atom. The minimum absolute atomic E-state index is 0.0607. The van der Waals surface area contributed by atoms with Crippen molar-refractivity contribution < 1.29 is 9.18 Å². The third-order valence-corrected chi connectivity index (χ3v) is 5.26. The van der Waals surface area contributed by atoms with E-state index in [1.165, 1.54) is 29.0 Å². The van der Waals surface area contributed by atoms with Crippen molar-refractivity contribution in [2.24, 2.45) is 0 Å². The van der Waals surface area contributed by atoms with Crippen LogP contribution in [-0.4, -0.2) is 11.7 Å². The van der Waals surface area contributed by atoms with Gasteiger partial charge in [0.1, 0.15) is 5.82 Å². The summed E-state index contributed by atoms with van der Waals surface area (Å²) >= 11 is 7.33. The van der Waals surface area contributed by atoms with E-state index in [1.807, 2.05) is 13.0 Å². The Bertz CT molecular complexity index is 715. The fourth-order valence-electron chi connectivity index (χ4n) is 2.32. The molecule has 24 heavy (non-hydrogen) atoms.